The number of carbonyl (C=O) groups is 2. The molecule has 3 aromatic rings. The minimum absolute atomic E-state index is 0.148. The Bertz CT molecular complexity index is 998. The van der Waals surface area contributed by atoms with Crippen LogP contribution in [-0.4, -0.2) is 29.9 Å². The summed E-state index contributed by atoms with van der Waals surface area (Å²) in [6, 6.07) is 24.0. The van der Waals surface area contributed by atoms with Crippen LogP contribution in [0.4, 0.5) is 4.79 Å². The number of hydrogen-bond donors (Lipinski definition) is 2. The van der Waals surface area contributed by atoms with Crippen molar-refractivity contribution in [3.8, 4) is 0 Å². The van der Waals surface area contributed by atoms with Crippen molar-refractivity contribution in [1.82, 2.24) is 15.5 Å². The second-order valence-electron chi connectivity index (χ2n) is 7.53. The molecule has 3 aromatic carbocycles. The summed E-state index contributed by atoms with van der Waals surface area (Å²) in [5, 5.41) is 8.16. The van der Waals surface area contributed by atoms with Gasteiger partial charge in [0.25, 0.3) is 0 Å². The van der Waals surface area contributed by atoms with Crippen molar-refractivity contribution in [3.05, 3.63) is 83.9 Å². The first-order chi connectivity index (χ1) is 14.2. The molecule has 0 aliphatic carbocycles. The number of rotatable bonds is 6. The lowest BCUT2D eigenvalue weighted by molar-refractivity contribution is -0.128. The van der Waals surface area contributed by atoms with Crippen molar-refractivity contribution in [2.24, 2.45) is 5.92 Å². The van der Waals surface area contributed by atoms with E-state index in [1.807, 2.05) is 59.5 Å². The summed E-state index contributed by atoms with van der Waals surface area (Å²) in [6.07, 6.45) is 0.483. The first kappa shape index (κ1) is 19.0. The van der Waals surface area contributed by atoms with Gasteiger partial charge in [0.15, 0.2) is 0 Å². The van der Waals surface area contributed by atoms with Crippen LogP contribution in [0.3, 0.4) is 0 Å². The number of likely N-dealkylation sites (tertiary alicyclic amines) is 1. The topological polar surface area (TPSA) is 61.4 Å². The van der Waals surface area contributed by atoms with Gasteiger partial charge in [-0.1, -0.05) is 72.8 Å². The minimum atomic E-state index is -0.202. The molecule has 2 N–H and O–H groups in total. The zero-order chi connectivity index (χ0) is 20.1. The van der Waals surface area contributed by atoms with Gasteiger partial charge in [-0.3, -0.25) is 4.79 Å². The predicted octanol–water partition coefficient (Wildman–Crippen LogP) is 3.69. The first-order valence-electron chi connectivity index (χ1n) is 9.99. The molecule has 1 heterocycles. The number of nitrogens with zero attached hydrogens (tertiary/aromatic N) is 1. The molecule has 29 heavy (non-hydrogen) atoms. The van der Waals surface area contributed by atoms with Crippen molar-refractivity contribution >= 4 is 22.7 Å². The molecule has 1 aliphatic rings. The highest BCUT2D eigenvalue weighted by atomic mass is 16.2. The summed E-state index contributed by atoms with van der Waals surface area (Å²) in [5.41, 5.74) is 2.21. The molecule has 4 rings (SSSR count). The zero-order valence-electron chi connectivity index (χ0n) is 16.3. The molecule has 0 radical (unpaired) electrons. The average molecular weight is 387 g/mol. The first-order valence-corrected chi connectivity index (χ1v) is 9.99. The molecule has 1 atom stereocenters. The highest BCUT2D eigenvalue weighted by Crippen LogP contribution is 2.20. The minimum Gasteiger partial charge on any atom is -0.338 e. The molecular weight excluding hydrogens is 362 g/mol. The summed E-state index contributed by atoms with van der Waals surface area (Å²) in [6.45, 7) is 2.27. The van der Waals surface area contributed by atoms with Gasteiger partial charge in [-0.2, -0.15) is 0 Å². The monoisotopic (exact) mass is 387 g/mol. The van der Waals surface area contributed by atoms with Crippen LogP contribution < -0.4 is 10.6 Å². The van der Waals surface area contributed by atoms with Crippen LogP contribution in [0.1, 0.15) is 17.5 Å². The number of urea groups is 1. The molecular formula is C24H25N3O2. The molecule has 1 saturated heterocycles. The van der Waals surface area contributed by atoms with E-state index in [4.69, 9.17) is 0 Å². The molecule has 1 unspecified atom stereocenters. The van der Waals surface area contributed by atoms with Crippen molar-refractivity contribution in [2.45, 2.75) is 19.5 Å². The summed E-state index contributed by atoms with van der Waals surface area (Å²) in [4.78, 5) is 26.4. The molecule has 5 heteroatoms. The number of amides is 3. The Morgan fingerprint density at radius 2 is 1.69 bits per heavy atom. The average Bonchev–Trinajstić information content (AvgIpc) is 3.10. The largest absolute Gasteiger partial charge is 0.338 e. The lowest BCUT2D eigenvalue weighted by Gasteiger charge is -2.17. The molecule has 0 aromatic heterocycles. The van der Waals surface area contributed by atoms with Gasteiger partial charge in [-0.25, -0.2) is 4.79 Å². The van der Waals surface area contributed by atoms with Gasteiger partial charge in [-0.15, -0.1) is 0 Å². The van der Waals surface area contributed by atoms with Crippen LogP contribution in [-0.2, 0) is 17.9 Å². The third-order valence-electron chi connectivity index (χ3n) is 5.38. The quantitative estimate of drug-likeness (QED) is 0.678. The SMILES string of the molecule is O=C(NCc1cccc2ccccc12)NCC1CC(=O)N(Cc2ccccc2)C1. The van der Waals surface area contributed by atoms with Crippen molar-refractivity contribution < 1.29 is 9.59 Å². The molecule has 0 bridgehead atoms. The number of hydrogen-bond acceptors (Lipinski definition) is 2. The van der Waals surface area contributed by atoms with Crippen molar-refractivity contribution in [3.63, 3.8) is 0 Å². The Morgan fingerprint density at radius 3 is 2.55 bits per heavy atom. The normalized spacial score (nSPS) is 16.2. The lowest BCUT2D eigenvalue weighted by atomic mass is 10.0. The van der Waals surface area contributed by atoms with E-state index in [-0.39, 0.29) is 17.9 Å². The Kier molecular flexibility index (Phi) is 5.75. The Hall–Kier alpha value is -3.34. The van der Waals surface area contributed by atoms with Gasteiger partial charge >= 0.3 is 6.03 Å². The predicted molar refractivity (Wildman–Crippen MR) is 114 cm³/mol. The third kappa shape index (κ3) is 4.74. The third-order valence-corrected chi connectivity index (χ3v) is 5.38. The maximum atomic E-state index is 12.3. The molecule has 5 nitrogen and oxygen atoms in total. The van der Waals surface area contributed by atoms with Gasteiger partial charge in [0, 0.05) is 38.5 Å². The molecule has 0 saturated carbocycles. The highest BCUT2D eigenvalue weighted by molar-refractivity contribution is 5.86. The van der Waals surface area contributed by atoms with E-state index >= 15 is 0 Å². The van der Waals surface area contributed by atoms with Crippen molar-refractivity contribution in [2.75, 3.05) is 13.1 Å². The summed E-state index contributed by atoms with van der Waals surface area (Å²) >= 11 is 0. The highest BCUT2D eigenvalue weighted by Gasteiger charge is 2.29. The molecule has 1 aliphatic heterocycles. The van der Waals surface area contributed by atoms with Gasteiger partial charge in [0.1, 0.15) is 0 Å². The van der Waals surface area contributed by atoms with E-state index in [1.165, 1.54) is 0 Å². The Morgan fingerprint density at radius 1 is 0.931 bits per heavy atom. The van der Waals surface area contributed by atoms with E-state index in [9.17, 15) is 9.59 Å². The van der Waals surface area contributed by atoms with E-state index < -0.39 is 0 Å². The van der Waals surface area contributed by atoms with Gasteiger partial charge in [0.05, 0.1) is 0 Å². The molecule has 1 fully saturated rings. The van der Waals surface area contributed by atoms with Gasteiger partial charge in [0.2, 0.25) is 5.91 Å². The number of fused-ring (bicyclic) bond motifs is 1. The lowest BCUT2D eigenvalue weighted by Crippen LogP contribution is -2.38. The molecule has 3 amide bonds. The number of benzene rings is 3. The standard InChI is InChI=1S/C24H25N3O2/c28-23-13-19(17-27(23)16-18-7-2-1-3-8-18)14-25-24(29)26-15-21-11-6-10-20-9-4-5-12-22(20)21/h1-12,19H,13-17H2,(H2,25,26,29). The maximum Gasteiger partial charge on any atom is 0.315 e. The molecule has 0 spiro atoms. The van der Waals surface area contributed by atoms with Crippen LogP contribution in [0.15, 0.2) is 72.8 Å². The fraction of sp³-hybridized carbons (Fsp3) is 0.250. The number of nitrogens with one attached hydrogen (secondary N) is 2. The summed E-state index contributed by atoms with van der Waals surface area (Å²) in [7, 11) is 0. The van der Waals surface area contributed by atoms with E-state index in [0.29, 0.717) is 32.6 Å². The van der Waals surface area contributed by atoms with E-state index in [2.05, 4.69) is 28.8 Å². The van der Waals surface area contributed by atoms with Crippen LogP contribution in [0.5, 0.6) is 0 Å². The van der Waals surface area contributed by atoms with Crippen LogP contribution in [0.2, 0.25) is 0 Å². The smallest absolute Gasteiger partial charge is 0.315 e. The van der Waals surface area contributed by atoms with Crippen LogP contribution >= 0.6 is 0 Å². The van der Waals surface area contributed by atoms with Crippen molar-refractivity contribution in [1.29, 1.82) is 0 Å². The van der Waals surface area contributed by atoms with Crippen LogP contribution in [0, 0.1) is 5.92 Å². The Labute approximate surface area is 170 Å². The fourth-order valence-electron chi connectivity index (χ4n) is 3.87. The number of carbonyl (C=O) groups excluding carboxylic acids is 2. The summed E-state index contributed by atoms with van der Waals surface area (Å²) in [5.74, 6) is 0.298. The second-order valence-corrected chi connectivity index (χ2v) is 7.53. The fourth-order valence-corrected chi connectivity index (χ4v) is 3.87. The second kappa shape index (κ2) is 8.78. The maximum absolute atomic E-state index is 12.3. The molecule has 148 valence electrons. The Balaban J connectivity index is 1.25. The van der Waals surface area contributed by atoms with Gasteiger partial charge in [-0.05, 0) is 21.9 Å². The van der Waals surface area contributed by atoms with Gasteiger partial charge < -0.3 is 15.5 Å². The van der Waals surface area contributed by atoms with Crippen LogP contribution in [0.25, 0.3) is 10.8 Å². The zero-order valence-corrected chi connectivity index (χ0v) is 16.3. The van der Waals surface area contributed by atoms with E-state index in [1.54, 1.807) is 0 Å². The van der Waals surface area contributed by atoms with E-state index in [0.717, 1.165) is 21.9 Å². The summed E-state index contributed by atoms with van der Waals surface area (Å²) < 4.78 is 0.